The number of rotatable bonds is 5. The smallest absolute Gasteiger partial charge is 0.408 e. The Kier molecular flexibility index (Phi) is 5.73. The third kappa shape index (κ3) is 4.23. The van der Waals surface area contributed by atoms with E-state index in [4.69, 9.17) is 16.3 Å². The average molecular weight is 450 g/mol. The van der Waals surface area contributed by atoms with Gasteiger partial charge < -0.3 is 14.8 Å². The summed E-state index contributed by atoms with van der Waals surface area (Å²) in [6.45, 7) is 6.97. The second kappa shape index (κ2) is 7.71. The Morgan fingerprint density at radius 1 is 1.10 bits per heavy atom. The number of nitrogens with one attached hydrogen (secondary N) is 1. The van der Waals surface area contributed by atoms with Gasteiger partial charge in [0.2, 0.25) is 0 Å². The van der Waals surface area contributed by atoms with E-state index in [1.54, 1.807) is 32.9 Å². The second-order valence-corrected chi connectivity index (χ2v) is 11.0. The van der Waals surface area contributed by atoms with Crippen molar-refractivity contribution in [3.63, 3.8) is 0 Å². The van der Waals surface area contributed by atoms with E-state index >= 15 is 0 Å². The maximum atomic E-state index is 13.4. The van der Waals surface area contributed by atoms with Gasteiger partial charge in [-0.1, -0.05) is 41.4 Å². The zero-order chi connectivity index (χ0) is 22.3. The highest BCUT2D eigenvalue weighted by Crippen LogP contribution is 2.56. The first-order valence-corrected chi connectivity index (χ1v) is 11.4. The molecule has 6 nitrogen and oxygen atoms in total. The van der Waals surface area contributed by atoms with Gasteiger partial charge in [0.25, 0.3) is 0 Å². The molecule has 0 spiro atoms. The molecule has 0 aliphatic heterocycles. The van der Waals surface area contributed by atoms with Crippen LogP contribution in [-0.2, 0) is 19.4 Å². The number of benzene rings is 2. The topological polar surface area (TPSA) is 89.5 Å². The Bertz CT molecular complexity index is 1060. The quantitative estimate of drug-likeness (QED) is 0.695. The normalized spacial score (nSPS) is 23.5. The first-order valence-electron chi connectivity index (χ1n) is 9.44. The third-order valence-corrected chi connectivity index (χ3v) is 7.52. The number of ether oxygens (including phenoxy) is 1. The fourth-order valence-corrected chi connectivity index (χ4v) is 5.98. The Balaban J connectivity index is 2.04. The second-order valence-electron chi connectivity index (χ2n) is 8.49. The molecule has 3 atom stereocenters. The predicted octanol–water partition coefficient (Wildman–Crippen LogP) is 4.05. The monoisotopic (exact) mass is 449 g/mol. The van der Waals surface area contributed by atoms with Gasteiger partial charge in [0.15, 0.2) is 9.84 Å². The van der Waals surface area contributed by atoms with Crippen LogP contribution in [0.2, 0.25) is 5.02 Å². The molecule has 0 heterocycles. The van der Waals surface area contributed by atoms with Crippen molar-refractivity contribution in [2.24, 2.45) is 0 Å². The summed E-state index contributed by atoms with van der Waals surface area (Å²) in [5.74, 6) is -0.746. The summed E-state index contributed by atoms with van der Waals surface area (Å²) in [7, 11) is -3.96. The van der Waals surface area contributed by atoms with Gasteiger partial charge in [-0.05, 0) is 57.5 Å². The highest BCUT2D eigenvalue weighted by atomic mass is 35.5. The van der Waals surface area contributed by atoms with E-state index in [0.717, 1.165) is 5.56 Å². The van der Waals surface area contributed by atoms with Crippen molar-refractivity contribution in [1.82, 2.24) is 5.32 Å². The van der Waals surface area contributed by atoms with E-state index in [0.29, 0.717) is 16.9 Å². The Morgan fingerprint density at radius 2 is 1.67 bits per heavy atom. The summed E-state index contributed by atoms with van der Waals surface area (Å²) in [6, 6.07) is 12.9. The number of aldehydes is 1. The van der Waals surface area contributed by atoms with Gasteiger partial charge >= 0.3 is 6.09 Å². The van der Waals surface area contributed by atoms with E-state index in [1.807, 2.05) is 19.1 Å². The fraction of sp³-hybridized carbons (Fsp3) is 0.364. The van der Waals surface area contributed by atoms with Gasteiger partial charge in [0, 0.05) is 10.9 Å². The van der Waals surface area contributed by atoms with Crippen LogP contribution in [-0.4, -0.2) is 37.2 Å². The van der Waals surface area contributed by atoms with Crippen LogP contribution >= 0.6 is 11.6 Å². The molecule has 0 unspecified atom stereocenters. The zero-order valence-electron chi connectivity index (χ0n) is 17.2. The number of hydrogen-bond donors (Lipinski definition) is 1. The van der Waals surface area contributed by atoms with Crippen molar-refractivity contribution >= 4 is 33.8 Å². The van der Waals surface area contributed by atoms with Crippen molar-refractivity contribution in [3.8, 4) is 0 Å². The number of amides is 1. The molecular weight excluding hydrogens is 426 g/mol. The van der Waals surface area contributed by atoms with Gasteiger partial charge in [-0.2, -0.15) is 0 Å². The third-order valence-electron chi connectivity index (χ3n) is 5.00. The molecule has 1 N–H and O–H groups in total. The highest BCUT2D eigenvalue weighted by molar-refractivity contribution is 7.92. The van der Waals surface area contributed by atoms with E-state index in [-0.39, 0.29) is 4.90 Å². The molecule has 0 aromatic heterocycles. The molecule has 1 fully saturated rings. The lowest BCUT2D eigenvalue weighted by Crippen LogP contribution is -2.45. The van der Waals surface area contributed by atoms with Gasteiger partial charge in [-0.15, -0.1) is 0 Å². The Morgan fingerprint density at radius 3 is 2.17 bits per heavy atom. The van der Waals surface area contributed by atoms with Crippen molar-refractivity contribution in [1.29, 1.82) is 0 Å². The molecule has 2 aromatic rings. The maximum Gasteiger partial charge on any atom is 0.408 e. The molecular formula is C22H24ClNO5S. The van der Waals surface area contributed by atoms with Gasteiger partial charge in [-0.25, -0.2) is 13.2 Å². The SMILES string of the molecule is Cc1ccc([C@@H]2[C@H](S(=O)(=O)c3ccc(Cl)cc3)[C@@]2(C=O)NC(=O)OC(C)(C)C)cc1. The fourth-order valence-electron chi connectivity index (χ4n) is 3.60. The summed E-state index contributed by atoms with van der Waals surface area (Å²) < 4.78 is 32.1. The van der Waals surface area contributed by atoms with E-state index in [2.05, 4.69) is 5.32 Å². The predicted molar refractivity (Wildman–Crippen MR) is 115 cm³/mol. The summed E-state index contributed by atoms with van der Waals surface area (Å²) in [5.41, 5.74) is -0.789. The lowest BCUT2D eigenvalue weighted by atomic mass is 10.1. The number of halogens is 1. The average Bonchev–Trinajstić information content (AvgIpc) is 3.30. The molecule has 1 saturated carbocycles. The van der Waals surface area contributed by atoms with Gasteiger partial charge in [0.1, 0.15) is 22.7 Å². The molecule has 3 rings (SSSR count). The first-order chi connectivity index (χ1) is 13.9. The summed E-state index contributed by atoms with van der Waals surface area (Å²) in [4.78, 5) is 24.7. The standard InChI is InChI=1S/C22H24ClNO5S/c1-14-5-7-15(8-6-14)18-19(30(27,28)17-11-9-16(23)10-12-17)22(18,13-25)24-20(26)29-21(2,3)4/h5-13,18-19H,1-4H3,(H,24,26)/t18-,19+,22+/m1/s1. The number of sulfone groups is 1. The van der Waals surface area contributed by atoms with Crippen molar-refractivity contribution < 1.29 is 22.7 Å². The van der Waals surface area contributed by atoms with Gasteiger partial charge in [-0.3, -0.25) is 0 Å². The van der Waals surface area contributed by atoms with Gasteiger partial charge in [0.05, 0.1) is 4.90 Å². The minimum atomic E-state index is -3.96. The number of hydrogen-bond acceptors (Lipinski definition) is 5. The van der Waals surface area contributed by atoms with Crippen molar-refractivity contribution in [2.45, 2.75) is 54.9 Å². The lowest BCUT2D eigenvalue weighted by molar-refractivity contribution is -0.110. The molecule has 0 radical (unpaired) electrons. The first kappa shape index (κ1) is 22.3. The number of aryl methyl sites for hydroxylation is 1. The zero-order valence-corrected chi connectivity index (χ0v) is 18.8. The molecule has 1 amide bonds. The van der Waals surface area contributed by atoms with E-state index in [1.165, 1.54) is 24.3 Å². The van der Waals surface area contributed by atoms with Crippen LogP contribution in [0.3, 0.4) is 0 Å². The van der Waals surface area contributed by atoms with Crippen LogP contribution in [0.25, 0.3) is 0 Å². The number of alkyl carbamates (subject to hydrolysis) is 1. The van der Waals surface area contributed by atoms with Crippen LogP contribution in [0.4, 0.5) is 4.79 Å². The molecule has 8 heteroatoms. The van der Waals surface area contributed by atoms with Crippen molar-refractivity contribution in [3.05, 3.63) is 64.7 Å². The van der Waals surface area contributed by atoms with E-state index < -0.39 is 38.2 Å². The number of carbonyl (C=O) groups excluding carboxylic acids is 2. The minimum absolute atomic E-state index is 0.0312. The van der Waals surface area contributed by atoms with Crippen LogP contribution in [0, 0.1) is 6.92 Å². The summed E-state index contributed by atoms with van der Waals surface area (Å²) in [5, 5.41) is 1.77. The maximum absolute atomic E-state index is 13.4. The van der Waals surface area contributed by atoms with E-state index in [9.17, 15) is 18.0 Å². The summed E-state index contributed by atoms with van der Waals surface area (Å²) in [6.07, 6.45) is -0.347. The van der Waals surface area contributed by atoms with Crippen LogP contribution < -0.4 is 5.32 Å². The molecule has 1 aliphatic carbocycles. The molecule has 0 bridgehead atoms. The molecule has 0 saturated heterocycles. The number of carbonyl (C=O) groups is 2. The van der Waals surface area contributed by atoms with Crippen LogP contribution in [0.5, 0.6) is 0 Å². The summed E-state index contributed by atoms with van der Waals surface area (Å²) >= 11 is 5.89. The lowest BCUT2D eigenvalue weighted by Gasteiger charge is -2.22. The highest BCUT2D eigenvalue weighted by Gasteiger charge is 2.73. The molecule has 1 aliphatic rings. The Hall–Kier alpha value is -2.38. The Labute approximate surface area is 181 Å². The van der Waals surface area contributed by atoms with Crippen LogP contribution in [0.15, 0.2) is 53.4 Å². The molecule has 30 heavy (non-hydrogen) atoms. The molecule has 2 aromatic carbocycles. The molecule has 160 valence electrons. The van der Waals surface area contributed by atoms with Crippen molar-refractivity contribution in [2.75, 3.05) is 0 Å². The van der Waals surface area contributed by atoms with Crippen LogP contribution in [0.1, 0.15) is 37.8 Å². The largest absolute Gasteiger partial charge is 0.444 e. The minimum Gasteiger partial charge on any atom is -0.444 e.